The van der Waals surface area contributed by atoms with Crippen LogP contribution in [0.3, 0.4) is 0 Å². The van der Waals surface area contributed by atoms with E-state index >= 15 is 4.39 Å². The first-order chi connectivity index (χ1) is 15.2. The van der Waals surface area contributed by atoms with E-state index in [9.17, 15) is 14.7 Å². The average Bonchev–Trinajstić information content (AvgIpc) is 3.63. The number of hydrogen-bond acceptors (Lipinski definition) is 5. The number of carbonyl (C=O) groups is 1. The molecule has 0 amide bonds. The molecule has 172 valence electrons. The number of pyridine rings is 1. The molecule has 8 heteroatoms. The Labute approximate surface area is 186 Å². The van der Waals surface area contributed by atoms with Crippen LogP contribution in [0.5, 0.6) is 5.75 Å². The van der Waals surface area contributed by atoms with E-state index in [0.717, 1.165) is 19.3 Å². The number of nitrogens with one attached hydrogen (secondary N) is 1. The van der Waals surface area contributed by atoms with Crippen molar-refractivity contribution >= 4 is 22.6 Å². The SMILES string of the molecule is COc1c(N2CCC(NC3CC3)C(C)(C)C2)c(F)cc2c(=O)c(C(=O)O)cn(C3CC3)c12. The number of carboxylic acids is 1. The van der Waals surface area contributed by atoms with Crippen molar-refractivity contribution in [1.29, 1.82) is 0 Å². The van der Waals surface area contributed by atoms with Gasteiger partial charge in [-0.2, -0.15) is 0 Å². The number of aromatic carboxylic acids is 1. The highest BCUT2D eigenvalue weighted by atomic mass is 19.1. The Morgan fingerprint density at radius 1 is 1.25 bits per heavy atom. The number of ether oxygens (including phenoxy) is 1. The highest BCUT2D eigenvalue weighted by molar-refractivity contribution is 5.97. The van der Waals surface area contributed by atoms with Crippen LogP contribution in [0.1, 0.15) is 62.4 Å². The molecule has 3 fully saturated rings. The van der Waals surface area contributed by atoms with Crippen molar-refractivity contribution in [3.05, 3.63) is 33.9 Å². The molecular formula is C24H30FN3O4. The van der Waals surface area contributed by atoms with Crippen LogP contribution in [0.15, 0.2) is 17.1 Å². The molecule has 2 aromatic rings. The molecule has 2 aliphatic carbocycles. The number of aromatic nitrogens is 1. The van der Waals surface area contributed by atoms with Gasteiger partial charge in [-0.15, -0.1) is 0 Å². The number of anilines is 1. The molecule has 2 heterocycles. The fourth-order valence-electron chi connectivity index (χ4n) is 5.12. The van der Waals surface area contributed by atoms with Gasteiger partial charge in [-0.3, -0.25) is 4.79 Å². The van der Waals surface area contributed by atoms with E-state index in [4.69, 9.17) is 4.74 Å². The van der Waals surface area contributed by atoms with Crippen LogP contribution >= 0.6 is 0 Å². The largest absolute Gasteiger partial charge is 0.492 e. The van der Waals surface area contributed by atoms with Crippen LogP contribution < -0.4 is 20.4 Å². The van der Waals surface area contributed by atoms with Crippen molar-refractivity contribution in [1.82, 2.24) is 9.88 Å². The third-order valence-electron chi connectivity index (χ3n) is 7.13. The Morgan fingerprint density at radius 2 is 1.97 bits per heavy atom. The molecule has 1 aromatic heterocycles. The molecule has 0 spiro atoms. The standard InChI is InChI=1S/C24H30FN3O4/c1-24(2)12-27(9-8-18(24)26-13-4-5-13)20-17(25)10-15-19(22(20)32-3)28(14-6-7-14)11-16(21(15)29)23(30)31/h10-11,13-14,18,26H,4-9,12H2,1-3H3,(H,30,31). The van der Waals surface area contributed by atoms with Gasteiger partial charge in [-0.1, -0.05) is 13.8 Å². The Kier molecular flexibility index (Phi) is 4.96. The third kappa shape index (κ3) is 3.54. The number of nitrogens with zero attached hydrogens (tertiary/aromatic N) is 2. The first-order valence-electron chi connectivity index (χ1n) is 11.4. The van der Waals surface area contributed by atoms with Crippen molar-refractivity contribution in [2.75, 3.05) is 25.1 Å². The zero-order valence-corrected chi connectivity index (χ0v) is 18.8. The predicted octanol–water partition coefficient (Wildman–Crippen LogP) is 3.54. The third-order valence-corrected chi connectivity index (χ3v) is 7.13. The number of methoxy groups -OCH3 is 1. The molecule has 1 atom stereocenters. The van der Waals surface area contributed by atoms with Crippen LogP contribution in [0, 0.1) is 11.2 Å². The lowest BCUT2D eigenvalue weighted by molar-refractivity contribution is 0.0694. The van der Waals surface area contributed by atoms with Gasteiger partial charge in [0.05, 0.1) is 18.0 Å². The smallest absolute Gasteiger partial charge is 0.341 e. The molecule has 1 unspecified atom stereocenters. The molecule has 2 N–H and O–H groups in total. The maximum Gasteiger partial charge on any atom is 0.341 e. The highest BCUT2D eigenvalue weighted by Crippen LogP contribution is 2.45. The van der Waals surface area contributed by atoms with Gasteiger partial charge in [-0.05, 0) is 43.6 Å². The van der Waals surface area contributed by atoms with Crippen LogP contribution in [-0.4, -0.2) is 47.9 Å². The first kappa shape index (κ1) is 21.2. The second kappa shape index (κ2) is 7.47. The minimum Gasteiger partial charge on any atom is -0.492 e. The van der Waals surface area contributed by atoms with E-state index < -0.39 is 17.2 Å². The topological polar surface area (TPSA) is 83.8 Å². The summed E-state index contributed by atoms with van der Waals surface area (Å²) in [6, 6.07) is 2.26. The van der Waals surface area contributed by atoms with Gasteiger partial charge in [0.15, 0.2) is 11.6 Å². The van der Waals surface area contributed by atoms with Crippen LogP contribution in [-0.2, 0) is 0 Å². The Hall–Kier alpha value is -2.61. The molecule has 32 heavy (non-hydrogen) atoms. The molecule has 0 radical (unpaired) electrons. The monoisotopic (exact) mass is 443 g/mol. The van der Waals surface area contributed by atoms with Gasteiger partial charge in [0.2, 0.25) is 5.43 Å². The molecule has 3 aliphatic rings. The van der Waals surface area contributed by atoms with Gasteiger partial charge in [0.1, 0.15) is 11.3 Å². The maximum absolute atomic E-state index is 15.5. The molecule has 5 rings (SSSR count). The zero-order valence-electron chi connectivity index (χ0n) is 18.8. The van der Waals surface area contributed by atoms with Crippen molar-refractivity contribution in [3.8, 4) is 5.75 Å². The number of halogens is 1. The number of benzene rings is 1. The van der Waals surface area contributed by atoms with Gasteiger partial charge < -0.3 is 24.6 Å². The second-order valence-electron chi connectivity index (χ2n) is 10.1. The first-order valence-corrected chi connectivity index (χ1v) is 11.4. The quantitative estimate of drug-likeness (QED) is 0.711. The summed E-state index contributed by atoms with van der Waals surface area (Å²) in [5.41, 5.74) is -0.254. The van der Waals surface area contributed by atoms with Crippen molar-refractivity contribution in [2.45, 2.75) is 64.1 Å². The van der Waals surface area contributed by atoms with Crippen molar-refractivity contribution in [2.24, 2.45) is 5.41 Å². The van der Waals surface area contributed by atoms with Gasteiger partial charge in [0, 0.05) is 37.4 Å². The van der Waals surface area contributed by atoms with E-state index in [-0.39, 0.29) is 22.4 Å². The molecule has 7 nitrogen and oxygen atoms in total. The summed E-state index contributed by atoms with van der Waals surface area (Å²) in [6.07, 6.45) is 6.50. The lowest BCUT2D eigenvalue weighted by atomic mass is 9.78. The summed E-state index contributed by atoms with van der Waals surface area (Å²) < 4.78 is 23.1. The molecular weight excluding hydrogens is 413 g/mol. The summed E-state index contributed by atoms with van der Waals surface area (Å²) in [6.45, 7) is 5.72. The summed E-state index contributed by atoms with van der Waals surface area (Å²) in [7, 11) is 1.48. The average molecular weight is 444 g/mol. The molecule has 1 saturated heterocycles. The summed E-state index contributed by atoms with van der Waals surface area (Å²) >= 11 is 0. The Bertz CT molecular complexity index is 1150. The summed E-state index contributed by atoms with van der Waals surface area (Å²) in [5.74, 6) is -1.55. The van der Waals surface area contributed by atoms with Crippen LogP contribution in [0.2, 0.25) is 0 Å². The molecule has 2 saturated carbocycles. The summed E-state index contributed by atoms with van der Waals surface area (Å²) in [5, 5.41) is 13.3. The van der Waals surface area contributed by atoms with E-state index in [1.54, 1.807) is 4.57 Å². The number of carboxylic acid groups (broad SMARTS) is 1. The van der Waals surface area contributed by atoms with Crippen molar-refractivity contribution < 1.29 is 19.0 Å². The fourth-order valence-corrected chi connectivity index (χ4v) is 5.12. The molecule has 0 bridgehead atoms. The van der Waals surface area contributed by atoms with Crippen LogP contribution in [0.25, 0.3) is 10.9 Å². The predicted molar refractivity (Wildman–Crippen MR) is 121 cm³/mol. The maximum atomic E-state index is 15.5. The zero-order chi connectivity index (χ0) is 22.8. The number of hydrogen-bond donors (Lipinski definition) is 2. The van der Waals surface area contributed by atoms with Crippen LogP contribution in [0.4, 0.5) is 10.1 Å². The normalized spacial score (nSPS) is 22.9. The van der Waals surface area contributed by atoms with Crippen molar-refractivity contribution in [3.63, 3.8) is 0 Å². The van der Waals surface area contributed by atoms with Gasteiger partial charge >= 0.3 is 5.97 Å². The number of rotatable bonds is 6. The van der Waals surface area contributed by atoms with Gasteiger partial charge in [-0.25, -0.2) is 9.18 Å². The Morgan fingerprint density at radius 3 is 2.53 bits per heavy atom. The minimum absolute atomic E-state index is 0.0550. The number of fused-ring (bicyclic) bond motifs is 1. The minimum atomic E-state index is -1.30. The lowest BCUT2D eigenvalue weighted by Crippen LogP contribution is -2.55. The van der Waals surface area contributed by atoms with Gasteiger partial charge in [0.25, 0.3) is 0 Å². The molecule has 1 aliphatic heterocycles. The second-order valence-corrected chi connectivity index (χ2v) is 10.1. The van der Waals surface area contributed by atoms with E-state index in [0.29, 0.717) is 42.1 Å². The van der Waals surface area contributed by atoms with E-state index in [1.165, 1.54) is 32.2 Å². The summed E-state index contributed by atoms with van der Waals surface area (Å²) in [4.78, 5) is 26.6. The lowest BCUT2D eigenvalue weighted by Gasteiger charge is -2.46. The van der Waals surface area contributed by atoms with E-state index in [1.807, 2.05) is 4.90 Å². The fraction of sp³-hybridized carbons (Fsp3) is 0.583. The van der Waals surface area contributed by atoms with E-state index in [2.05, 4.69) is 19.2 Å². The number of piperidine rings is 1. The molecule has 1 aromatic carbocycles. The Balaban J connectivity index is 1.63. The highest BCUT2D eigenvalue weighted by Gasteiger charge is 2.40.